The van der Waals surface area contributed by atoms with Crippen molar-refractivity contribution in [2.45, 2.75) is 38.3 Å². The molecule has 0 aliphatic heterocycles. The largest absolute Gasteiger partial charge is 0.489 e. The summed E-state index contributed by atoms with van der Waals surface area (Å²) in [4.78, 5) is 4.59. The number of benzene rings is 2. The van der Waals surface area contributed by atoms with Crippen LogP contribution < -0.4 is 20.5 Å². The van der Waals surface area contributed by atoms with E-state index in [1.54, 1.807) is 6.07 Å². The molecule has 4 N–H and O–H groups in total. The van der Waals surface area contributed by atoms with Crippen molar-refractivity contribution in [1.82, 2.24) is 10.6 Å². The first-order chi connectivity index (χ1) is 13.3. The number of rotatable bonds is 8. The van der Waals surface area contributed by atoms with Gasteiger partial charge in [-0.2, -0.15) is 0 Å². The van der Waals surface area contributed by atoms with Crippen LogP contribution in [0.5, 0.6) is 5.75 Å². The molecule has 0 amide bonds. The van der Waals surface area contributed by atoms with E-state index < -0.39 is 10.0 Å². The second kappa shape index (κ2) is 12.0. The van der Waals surface area contributed by atoms with E-state index in [9.17, 15) is 8.42 Å². The Morgan fingerprint density at radius 2 is 1.90 bits per heavy atom. The summed E-state index contributed by atoms with van der Waals surface area (Å²) in [6.45, 7) is 7.57. The van der Waals surface area contributed by atoms with Crippen LogP contribution in [0.1, 0.15) is 25.0 Å². The van der Waals surface area contributed by atoms with Crippen LogP contribution in [0.2, 0.25) is 0 Å². The van der Waals surface area contributed by atoms with Gasteiger partial charge < -0.3 is 15.4 Å². The number of ether oxygens (including phenoxy) is 1. The van der Waals surface area contributed by atoms with Crippen molar-refractivity contribution in [1.29, 1.82) is 0 Å². The lowest BCUT2D eigenvalue weighted by atomic mass is 10.2. The van der Waals surface area contributed by atoms with Gasteiger partial charge in [0, 0.05) is 6.54 Å². The SMILES string of the molecule is CCNC(=NCc1cccc(S(N)(=O)=O)c1)NCC(C)Oc1ccccc1C.I. The third-order valence-electron chi connectivity index (χ3n) is 3.97. The van der Waals surface area contributed by atoms with E-state index in [1.807, 2.05) is 51.1 Å². The number of nitrogens with two attached hydrogens (primary N) is 1. The monoisotopic (exact) mass is 532 g/mol. The van der Waals surface area contributed by atoms with Crippen LogP contribution in [0, 0.1) is 6.92 Å². The highest BCUT2D eigenvalue weighted by Crippen LogP contribution is 2.17. The van der Waals surface area contributed by atoms with Crippen LogP contribution in [0.25, 0.3) is 0 Å². The Labute approximate surface area is 190 Å². The zero-order valence-corrected chi connectivity index (χ0v) is 20.0. The standard InChI is InChI=1S/C20H28N4O3S.HI/c1-4-22-20(23-13-16(3)27-19-11-6-5-8-15(19)2)24-14-17-9-7-10-18(12-17)28(21,25)26;/h5-12,16H,4,13-14H2,1-3H3,(H2,21,25,26)(H2,22,23,24);1H. The molecule has 2 rings (SSSR count). The fourth-order valence-corrected chi connectivity index (χ4v) is 3.10. The van der Waals surface area contributed by atoms with Crippen molar-refractivity contribution in [3.8, 4) is 5.75 Å². The number of nitrogens with one attached hydrogen (secondary N) is 2. The van der Waals surface area contributed by atoms with Gasteiger partial charge in [0.1, 0.15) is 11.9 Å². The van der Waals surface area contributed by atoms with E-state index in [2.05, 4.69) is 15.6 Å². The number of hydrogen-bond acceptors (Lipinski definition) is 4. The molecule has 2 aromatic carbocycles. The lowest BCUT2D eigenvalue weighted by Crippen LogP contribution is -2.41. The number of nitrogens with zero attached hydrogens (tertiary/aromatic N) is 1. The summed E-state index contributed by atoms with van der Waals surface area (Å²) in [6.07, 6.45) is -0.0596. The van der Waals surface area contributed by atoms with E-state index in [-0.39, 0.29) is 35.0 Å². The third-order valence-corrected chi connectivity index (χ3v) is 4.88. The van der Waals surface area contributed by atoms with E-state index >= 15 is 0 Å². The van der Waals surface area contributed by atoms with E-state index in [1.165, 1.54) is 12.1 Å². The number of guanidine groups is 1. The molecule has 7 nitrogen and oxygen atoms in total. The molecule has 0 saturated carbocycles. The molecular formula is C20H29IN4O3S. The van der Waals surface area contributed by atoms with Gasteiger partial charge in [0.15, 0.2) is 5.96 Å². The fraction of sp³-hybridized carbons (Fsp3) is 0.350. The summed E-state index contributed by atoms with van der Waals surface area (Å²) in [5.74, 6) is 1.49. The zero-order chi connectivity index (χ0) is 20.6. The van der Waals surface area contributed by atoms with Crippen LogP contribution in [-0.2, 0) is 16.6 Å². The lowest BCUT2D eigenvalue weighted by Gasteiger charge is -2.18. The highest BCUT2D eigenvalue weighted by molar-refractivity contribution is 14.0. The number of sulfonamides is 1. The van der Waals surface area contributed by atoms with Crippen molar-refractivity contribution in [2.75, 3.05) is 13.1 Å². The lowest BCUT2D eigenvalue weighted by molar-refractivity contribution is 0.222. The molecule has 0 heterocycles. The van der Waals surface area contributed by atoms with Crippen molar-refractivity contribution in [3.63, 3.8) is 0 Å². The molecule has 9 heteroatoms. The minimum Gasteiger partial charge on any atom is -0.489 e. The second-order valence-electron chi connectivity index (χ2n) is 6.46. The first-order valence-corrected chi connectivity index (χ1v) is 10.7. The van der Waals surface area contributed by atoms with Gasteiger partial charge in [-0.1, -0.05) is 30.3 Å². The summed E-state index contributed by atoms with van der Waals surface area (Å²) in [5.41, 5.74) is 1.84. The van der Waals surface area contributed by atoms with E-state index in [0.29, 0.717) is 25.6 Å². The van der Waals surface area contributed by atoms with Crippen molar-refractivity contribution < 1.29 is 13.2 Å². The van der Waals surface area contributed by atoms with Crippen molar-refractivity contribution in [2.24, 2.45) is 10.1 Å². The van der Waals surface area contributed by atoms with Gasteiger partial charge in [-0.25, -0.2) is 18.5 Å². The quantitative estimate of drug-likeness (QED) is 0.276. The Kier molecular flexibility index (Phi) is 10.4. The molecule has 0 aromatic heterocycles. The zero-order valence-electron chi connectivity index (χ0n) is 16.9. The fourth-order valence-electron chi connectivity index (χ4n) is 2.52. The summed E-state index contributed by atoms with van der Waals surface area (Å²) in [5, 5.41) is 11.6. The maximum absolute atomic E-state index is 11.5. The molecule has 0 bridgehead atoms. The Hall–Kier alpha value is -1.85. The van der Waals surface area contributed by atoms with Crippen LogP contribution >= 0.6 is 24.0 Å². The van der Waals surface area contributed by atoms with Gasteiger partial charge in [0.2, 0.25) is 10.0 Å². The topological polar surface area (TPSA) is 106 Å². The van der Waals surface area contributed by atoms with Gasteiger partial charge in [0.05, 0.1) is 18.0 Å². The Morgan fingerprint density at radius 3 is 2.55 bits per heavy atom. The molecule has 160 valence electrons. The number of hydrogen-bond donors (Lipinski definition) is 3. The number of primary sulfonamides is 1. The summed E-state index contributed by atoms with van der Waals surface area (Å²) in [7, 11) is -3.73. The molecule has 0 aliphatic rings. The van der Waals surface area contributed by atoms with Crippen molar-refractivity contribution in [3.05, 3.63) is 59.7 Å². The normalized spacial score (nSPS) is 12.6. The number of halogens is 1. The number of aryl methyl sites for hydroxylation is 1. The van der Waals surface area contributed by atoms with Gasteiger partial charge in [-0.15, -0.1) is 24.0 Å². The maximum atomic E-state index is 11.5. The molecule has 0 fully saturated rings. The Morgan fingerprint density at radius 1 is 1.17 bits per heavy atom. The second-order valence-corrected chi connectivity index (χ2v) is 8.02. The van der Waals surface area contributed by atoms with Crippen molar-refractivity contribution >= 4 is 40.0 Å². The highest BCUT2D eigenvalue weighted by atomic mass is 127. The van der Waals surface area contributed by atoms with Crippen LogP contribution in [0.4, 0.5) is 0 Å². The molecule has 0 spiro atoms. The Bertz CT molecular complexity index is 919. The average molecular weight is 532 g/mol. The van der Waals surface area contributed by atoms with Gasteiger partial charge >= 0.3 is 0 Å². The molecular weight excluding hydrogens is 503 g/mol. The number of aliphatic imine (C=N–C) groups is 1. The predicted octanol–water partition coefficient (Wildman–Crippen LogP) is 2.78. The molecule has 0 radical (unpaired) electrons. The minimum absolute atomic E-state index is 0. The van der Waals surface area contributed by atoms with E-state index in [4.69, 9.17) is 9.88 Å². The highest BCUT2D eigenvalue weighted by Gasteiger charge is 2.09. The molecule has 0 aliphatic carbocycles. The first kappa shape index (κ1) is 25.2. The molecule has 2 aromatic rings. The smallest absolute Gasteiger partial charge is 0.238 e. The summed E-state index contributed by atoms with van der Waals surface area (Å²) < 4.78 is 28.9. The van der Waals surface area contributed by atoms with Crippen LogP contribution in [0.15, 0.2) is 58.4 Å². The first-order valence-electron chi connectivity index (χ1n) is 9.15. The average Bonchev–Trinajstić information content (AvgIpc) is 2.65. The third kappa shape index (κ3) is 8.58. The number of para-hydroxylation sites is 1. The van der Waals surface area contributed by atoms with Gasteiger partial charge in [-0.3, -0.25) is 0 Å². The molecule has 0 saturated heterocycles. The molecule has 1 unspecified atom stereocenters. The van der Waals surface area contributed by atoms with Crippen LogP contribution in [-0.4, -0.2) is 33.6 Å². The van der Waals surface area contributed by atoms with Gasteiger partial charge in [-0.05, 0) is 50.1 Å². The maximum Gasteiger partial charge on any atom is 0.238 e. The minimum atomic E-state index is -3.73. The summed E-state index contributed by atoms with van der Waals surface area (Å²) in [6, 6.07) is 14.4. The Balaban J connectivity index is 0.00000420. The summed E-state index contributed by atoms with van der Waals surface area (Å²) >= 11 is 0. The molecule has 1 atom stereocenters. The van der Waals surface area contributed by atoms with Crippen LogP contribution in [0.3, 0.4) is 0 Å². The van der Waals surface area contributed by atoms with E-state index in [0.717, 1.165) is 16.9 Å². The van der Waals surface area contributed by atoms with Gasteiger partial charge in [0.25, 0.3) is 0 Å². The molecule has 29 heavy (non-hydrogen) atoms. The predicted molar refractivity (Wildman–Crippen MR) is 127 cm³/mol.